The van der Waals surface area contributed by atoms with E-state index in [9.17, 15) is 4.79 Å². The Hall–Kier alpha value is -1.62. The van der Waals surface area contributed by atoms with Crippen molar-refractivity contribution in [3.8, 4) is 0 Å². The van der Waals surface area contributed by atoms with Crippen molar-refractivity contribution in [1.82, 2.24) is 14.6 Å². The van der Waals surface area contributed by atoms with Crippen LogP contribution in [0.25, 0.3) is 5.65 Å². The highest BCUT2D eigenvalue weighted by molar-refractivity contribution is 6.29. The summed E-state index contributed by atoms with van der Waals surface area (Å²) < 4.78 is 1.45. The van der Waals surface area contributed by atoms with Gasteiger partial charge in [-0.15, -0.1) is 0 Å². The molecule has 0 fully saturated rings. The van der Waals surface area contributed by atoms with Gasteiger partial charge in [-0.25, -0.2) is 14.3 Å². The van der Waals surface area contributed by atoms with Crippen LogP contribution in [-0.2, 0) is 0 Å². The van der Waals surface area contributed by atoms with Gasteiger partial charge < -0.3 is 5.11 Å². The zero-order valence-corrected chi connectivity index (χ0v) is 7.99. The zero-order valence-electron chi connectivity index (χ0n) is 7.23. The fraction of sp³-hybridized carbons (Fsp3) is 0.125. The third kappa shape index (κ3) is 1.22. The number of aryl methyl sites for hydroxylation is 1. The highest BCUT2D eigenvalue weighted by Gasteiger charge is 2.12. The minimum Gasteiger partial charge on any atom is -0.478 e. The first-order chi connectivity index (χ1) is 6.59. The van der Waals surface area contributed by atoms with Crippen LogP contribution in [0.5, 0.6) is 0 Å². The molecule has 0 aliphatic heterocycles. The van der Waals surface area contributed by atoms with E-state index in [1.807, 2.05) is 0 Å². The van der Waals surface area contributed by atoms with Crippen LogP contribution in [0.1, 0.15) is 15.9 Å². The van der Waals surface area contributed by atoms with Gasteiger partial charge in [0.25, 0.3) is 0 Å². The summed E-state index contributed by atoms with van der Waals surface area (Å²) in [6, 6.07) is 0. The van der Waals surface area contributed by atoms with E-state index >= 15 is 0 Å². The lowest BCUT2D eigenvalue weighted by molar-refractivity contribution is 0.0695. The number of nitrogens with zero attached hydrogens (tertiary/aromatic N) is 3. The van der Waals surface area contributed by atoms with E-state index in [0.29, 0.717) is 16.4 Å². The Morgan fingerprint density at radius 3 is 3.00 bits per heavy atom. The highest BCUT2D eigenvalue weighted by Crippen LogP contribution is 2.15. The molecule has 0 aromatic carbocycles. The van der Waals surface area contributed by atoms with Crippen molar-refractivity contribution in [1.29, 1.82) is 0 Å². The Bertz CT molecular complexity index is 521. The molecule has 0 aliphatic rings. The Balaban J connectivity index is 2.80. The predicted molar refractivity (Wildman–Crippen MR) is 49.7 cm³/mol. The van der Waals surface area contributed by atoms with Crippen LogP contribution in [0.2, 0.25) is 5.15 Å². The average molecular weight is 212 g/mol. The molecule has 0 radical (unpaired) electrons. The van der Waals surface area contributed by atoms with Gasteiger partial charge in [0.2, 0.25) is 0 Å². The van der Waals surface area contributed by atoms with Crippen molar-refractivity contribution in [2.45, 2.75) is 6.92 Å². The Labute approximate surface area is 83.9 Å². The summed E-state index contributed by atoms with van der Waals surface area (Å²) in [5, 5.41) is 13.0. The molecule has 0 atom stereocenters. The van der Waals surface area contributed by atoms with Gasteiger partial charge in [0.1, 0.15) is 5.15 Å². The maximum Gasteiger partial charge on any atom is 0.337 e. The second-order valence-electron chi connectivity index (χ2n) is 2.82. The van der Waals surface area contributed by atoms with E-state index < -0.39 is 5.97 Å². The molecule has 0 bridgehead atoms. The number of halogens is 1. The Kier molecular flexibility index (Phi) is 1.89. The lowest BCUT2D eigenvalue weighted by Crippen LogP contribution is -2.04. The summed E-state index contributed by atoms with van der Waals surface area (Å²) >= 11 is 5.67. The molecule has 2 rings (SSSR count). The number of hydrogen-bond donors (Lipinski definition) is 1. The second kappa shape index (κ2) is 2.95. The third-order valence-corrected chi connectivity index (χ3v) is 2.12. The Morgan fingerprint density at radius 1 is 1.64 bits per heavy atom. The number of carboxylic acids is 1. The van der Waals surface area contributed by atoms with Gasteiger partial charge in [0.05, 0.1) is 18.0 Å². The quantitative estimate of drug-likeness (QED) is 0.774. The van der Waals surface area contributed by atoms with Crippen LogP contribution >= 0.6 is 11.6 Å². The summed E-state index contributed by atoms with van der Waals surface area (Å²) in [5.41, 5.74) is 1.16. The van der Waals surface area contributed by atoms with E-state index in [4.69, 9.17) is 16.7 Å². The molecular weight excluding hydrogens is 206 g/mol. The molecule has 2 heterocycles. The molecule has 1 N–H and O–H groups in total. The first-order valence-corrected chi connectivity index (χ1v) is 4.21. The zero-order chi connectivity index (χ0) is 10.3. The molecule has 0 amide bonds. The van der Waals surface area contributed by atoms with E-state index in [0.717, 1.165) is 0 Å². The molecule has 6 heteroatoms. The van der Waals surface area contributed by atoms with Crippen LogP contribution in [-0.4, -0.2) is 25.7 Å². The molecule has 0 spiro atoms. The van der Waals surface area contributed by atoms with Crippen molar-refractivity contribution in [3.63, 3.8) is 0 Å². The summed E-state index contributed by atoms with van der Waals surface area (Å²) in [4.78, 5) is 14.7. The van der Waals surface area contributed by atoms with E-state index in [-0.39, 0.29) is 5.56 Å². The molecule has 2 aromatic heterocycles. The number of aromatic carboxylic acids is 1. The van der Waals surface area contributed by atoms with Gasteiger partial charge in [0.15, 0.2) is 5.65 Å². The minimum absolute atomic E-state index is 0.139. The second-order valence-corrected chi connectivity index (χ2v) is 3.21. The maximum atomic E-state index is 10.8. The molecule has 0 saturated carbocycles. The molecule has 2 aromatic rings. The summed E-state index contributed by atoms with van der Waals surface area (Å²) in [6.07, 6.45) is 2.80. The number of hydrogen-bond acceptors (Lipinski definition) is 3. The maximum absolute atomic E-state index is 10.8. The van der Waals surface area contributed by atoms with Gasteiger partial charge in [-0.05, 0) is 6.92 Å². The van der Waals surface area contributed by atoms with Crippen molar-refractivity contribution >= 4 is 23.2 Å². The lowest BCUT2D eigenvalue weighted by atomic mass is 10.2. The number of imidazole rings is 1. The number of carbonyl (C=O) groups is 1. The summed E-state index contributed by atoms with van der Waals surface area (Å²) in [7, 11) is 0. The monoisotopic (exact) mass is 211 g/mol. The smallest absolute Gasteiger partial charge is 0.337 e. The SMILES string of the molecule is Cc1c(C(=O)O)cnn2cc(Cl)nc12. The van der Waals surface area contributed by atoms with Crippen LogP contribution in [0.15, 0.2) is 12.4 Å². The predicted octanol–water partition coefficient (Wildman–Crippen LogP) is 1.39. The molecule has 72 valence electrons. The van der Waals surface area contributed by atoms with Crippen molar-refractivity contribution in [3.05, 3.63) is 28.7 Å². The Morgan fingerprint density at radius 2 is 2.36 bits per heavy atom. The molecule has 0 saturated heterocycles. The molecule has 0 aliphatic carbocycles. The van der Waals surface area contributed by atoms with Crippen LogP contribution < -0.4 is 0 Å². The lowest BCUT2D eigenvalue weighted by Gasteiger charge is -2.00. The first kappa shape index (κ1) is 8.96. The van der Waals surface area contributed by atoms with E-state index in [2.05, 4.69) is 10.1 Å². The van der Waals surface area contributed by atoms with Crippen LogP contribution in [0.3, 0.4) is 0 Å². The van der Waals surface area contributed by atoms with Crippen molar-refractivity contribution < 1.29 is 9.90 Å². The fourth-order valence-electron chi connectivity index (χ4n) is 1.24. The van der Waals surface area contributed by atoms with Crippen LogP contribution in [0.4, 0.5) is 0 Å². The number of rotatable bonds is 1. The third-order valence-electron chi connectivity index (χ3n) is 1.94. The standard InChI is InChI=1S/C8H6ClN3O2/c1-4-5(8(13)14)2-10-12-3-6(9)11-7(4)12/h2-3H,1H3,(H,13,14). The first-order valence-electron chi connectivity index (χ1n) is 3.83. The van der Waals surface area contributed by atoms with Gasteiger partial charge in [0, 0.05) is 5.56 Å². The molecule has 14 heavy (non-hydrogen) atoms. The average Bonchev–Trinajstić information content (AvgIpc) is 2.46. The summed E-state index contributed by atoms with van der Waals surface area (Å²) in [6.45, 7) is 1.67. The topological polar surface area (TPSA) is 67.5 Å². The van der Waals surface area contributed by atoms with Gasteiger partial charge in [-0.3, -0.25) is 0 Å². The largest absolute Gasteiger partial charge is 0.478 e. The van der Waals surface area contributed by atoms with Crippen molar-refractivity contribution in [2.75, 3.05) is 0 Å². The number of carboxylic acid groups (broad SMARTS) is 1. The van der Waals surface area contributed by atoms with Gasteiger partial charge in [-0.1, -0.05) is 11.6 Å². The number of fused-ring (bicyclic) bond motifs is 1. The molecule has 5 nitrogen and oxygen atoms in total. The van der Waals surface area contributed by atoms with Crippen LogP contribution in [0, 0.1) is 6.92 Å². The summed E-state index contributed by atoms with van der Waals surface area (Å²) in [5.74, 6) is -1.02. The van der Waals surface area contributed by atoms with Gasteiger partial charge in [-0.2, -0.15) is 5.10 Å². The fourth-order valence-corrected chi connectivity index (χ4v) is 1.41. The molecule has 0 unspecified atom stereocenters. The van der Waals surface area contributed by atoms with Gasteiger partial charge >= 0.3 is 5.97 Å². The van der Waals surface area contributed by atoms with E-state index in [1.165, 1.54) is 16.9 Å². The minimum atomic E-state index is -1.02. The molecular formula is C8H6ClN3O2. The normalized spacial score (nSPS) is 10.7. The van der Waals surface area contributed by atoms with E-state index in [1.54, 1.807) is 6.92 Å². The van der Waals surface area contributed by atoms with Crippen molar-refractivity contribution in [2.24, 2.45) is 0 Å². The number of aromatic nitrogens is 3. The highest BCUT2D eigenvalue weighted by atomic mass is 35.5.